The molecule has 84 valence electrons. The van der Waals surface area contributed by atoms with Gasteiger partial charge in [0.2, 0.25) is 0 Å². The molecule has 4 heteroatoms. The van der Waals surface area contributed by atoms with Crippen LogP contribution in [-0.2, 0) is 6.54 Å². The summed E-state index contributed by atoms with van der Waals surface area (Å²) in [6, 6.07) is 11.0. The molecule has 1 saturated heterocycles. The maximum atomic E-state index is 8.43. The molecule has 0 bridgehead atoms. The van der Waals surface area contributed by atoms with Gasteiger partial charge in [0, 0.05) is 24.0 Å². The first-order chi connectivity index (χ1) is 7.79. The van der Waals surface area contributed by atoms with E-state index in [0.717, 1.165) is 19.5 Å². The number of rotatable bonds is 3. The Balaban J connectivity index is 1.99. The molecule has 1 aromatic carbocycles. The summed E-state index contributed by atoms with van der Waals surface area (Å²) in [7, 11) is 0. The smallest absolute Gasteiger partial charge is 0.0516 e. The van der Waals surface area contributed by atoms with Gasteiger partial charge in [-0.15, -0.1) is 0 Å². The van der Waals surface area contributed by atoms with Gasteiger partial charge in [0.1, 0.15) is 0 Å². The summed E-state index contributed by atoms with van der Waals surface area (Å²) in [5.41, 5.74) is 9.74. The highest BCUT2D eigenvalue weighted by molar-refractivity contribution is 5.15. The van der Waals surface area contributed by atoms with Crippen molar-refractivity contribution in [2.45, 2.75) is 32.0 Å². The maximum Gasteiger partial charge on any atom is 0.0516 e. The summed E-state index contributed by atoms with van der Waals surface area (Å²) in [6.45, 7) is 4.01. The Hall–Kier alpha value is -1.51. The summed E-state index contributed by atoms with van der Waals surface area (Å²) >= 11 is 0. The van der Waals surface area contributed by atoms with Crippen LogP contribution in [0.5, 0.6) is 0 Å². The molecular weight excluding hydrogens is 200 g/mol. The summed E-state index contributed by atoms with van der Waals surface area (Å²) in [5, 5.41) is 3.80. The Bertz CT molecular complexity index is 383. The summed E-state index contributed by atoms with van der Waals surface area (Å²) < 4.78 is 0. The highest BCUT2D eigenvalue weighted by atomic mass is 15.2. The molecule has 0 saturated carbocycles. The fourth-order valence-electron chi connectivity index (χ4n) is 2.26. The number of likely N-dealkylation sites (tertiary alicyclic amines) is 1. The Labute approximate surface area is 95.5 Å². The van der Waals surface area contributed by atoms with E-state index in [9.17, 15) is 0 Å². The third-order valence-electron chi connectivity index (χ3n) is 3.13. The number of benzene rings is 1. The minimum absolute atomic E-state index is 0.142. The lowest BCUT2D eigenvalue weighted by Crippen LogP contribution is -2.26. The SMILES string of the molecule is C[C@H]1C[C@@H](N=[N+]=[N-])CN1Cc1ccccc1. The summed E-state index contributed by atoms with van der Waals surface area (Å²) in [4.78, 5) is 5.26. The Morgan fingerprint density at radius 1 is 1.44 bits per heavy atom. The molecule has 16 heavy (non-hydrogen) atoms. The lowest BCUT2D eigenvalue weighted by Gasteiger charge is -2.20. The molecule has 0 amide bonds. The predicted molar refractivity (Wildman–Crippen MR) is 63.9 cm³/mol. The summed E-state index contributed by atoms with van der Waals surface area (Å²) in [6.07, 6.45) is 0.969. The molecule has 1 aliphatic heterocycles. The molecule has 0 N–H and O–H groups in total. The van der Waals surface area contributed by atoms with Crippen LogP contribution in [0, 0.1) is 0 Å². The predicted octanol–water partition coefficient (Wildman–Crippen LogP) is 2.96. The molecule has 0 aliphatic carbocycles. The Morgan fingerprint density at radius 3 is 2.88 bits per heavy atom. The van der Waals surface area contributed by atoms with E-state index in [-0.39, 0.29) is 6.04 Å². The Kier molecular flexibility index (Phi) is 3.44. The molecule has 4 nitrogen and oxygen atoms in total. The number of hydrogen-bond acceptors (Lipinski definition) is 2. The topological polar surface area (TPSA) is 52.0 Å². The van der Waals surface area contributed by atoms with Gasteiger partial charge in [0.25, 0.3) is 0 Å². The third-order valence-corrected chi connectivity index (χ3v) is 3.13. The average molecular weight is 216 g/mol. The molecule has 0 aromatic heterocycles. The number of hydrogen-bond donors (Lipinski definition) is 0. The first-order valence-electron chi connectivity index (χ1n) is 5.62. The van der Waals surface area contributed by atoms with E-state index >= 15 is 0 Å². The van der Waals surface area contributed by atoms with Gasteiger partial charge in [-0.3, -0.25) is 4.90 Å². The van der Waals surface area contributed by atoms with Crippen LogP contribution in [0.15, 0.2) is 35.4 Å². The molecule has 2 rings (SSSR count). The van der Waals surface area contributed by atoms with Gasteiger partial charge >= 0.3 is 0 Å². The van der Waals surface area contributed by atoms with Crippen molar-refractivity contribution in [1.82, 2.24) is 4.90 Å². The van der Waals surface area contributed by atoms with Crippen LogP contribution in [0.3, 0.4) is 0 Å². The normalized spacial score (nSPS) is 25.3. The minimum atomic E-state index is 0.142. The van der Waals surface area contributed by atoms with Crippen molar-refractivity contribution in [1.29, 1.82) is 0 Å². The van der Waals surface area contributed by atoms with Gasteiger partial charge in [-0.2, -0.15) is 0 Å². The van der Waals surface area contributed by atoms with Crippen LogP contribution in [0.1, 0.15) is 18.9 Å². The molecule has 1 fully saturated rings. The second-order valence-corrected chi connectivity index (χ2v) is 4.36. The molecule has 1 aliphatic rings. The molecule has 1 aromatic rings. The average Bonchev–Trinajstić information content (AvgIpc) is 2.61. The van der Waals surface area contributed by atoms with E-state index in [1.165, 1.54) is 5.56 Å². The van der Waals surface area contributed by atoms with Gasteiger partial charge in [0.05, 0.1) is 6.04 Å². The van der Waals surface area contributed by atoms with Crippen LogP contribution >= 0.6 is 0 Å². The second-order valence-electron chi connectivity index (χ2n) is 4.36. The summed E-state index contributed by atoms with van der Waals surface area (Å²) in [5.74, 6) is 0. The van der Waals surface area contributed by atoms with E-state index in [2.05, 4.69) is 46.1 Å². The van der Waals surface area contributed by atoms with Crippen molar-refractivity contribution in [3.05, 3.63) is 46.3 Å². The molecule has 2 atom stereocenters. The largest absolute Gasteiger partial charge is 0.296 e. The third kappa shape index (κ3) is 2.54. The highest BCUT2D eigenvalue weighted by Gasteiger charge is 2.27. The fourth-order valence-corrected chi connectivity index (χ4v) is 2.26. The van der Waals surface area contributed by atoms with Crippen LogP contribution in [0.25, 0.3) is 10.4 Å². The molecular formula is C12H16N4. The van der Waals surface area contributed by atoms with Crippen molar-refractivity contribution in [2.75, 3.05) is 6.54 Å². The van der Waals surface area contributed by atoms with E-state index < -0.39 is 0 Å². The van der Waals surface area contributed by atoms with E-state index in [1.54, 1.807) is 0 Å². The zero-order valence-electron chi connectivity index (χ0n) is 9.45. The fraction of sp³-hybridized carbons (Fsp3) is 0.500. The lowest BCUT2D eigenvalue weighted by molar-refractivity contribution is 0.259. The number of azide groups is 1. The van der Waals surface area contributed by atoms with Gasteiger partial charge < -0.3 is 0 Å². The lowest BCUT2D eigenvalue weighted by atomic mass is 10.2. The minimum Gasteiger partial charge on any atom is -0.296 e. The quantitative estimate of drug-likeness (QED) is 0.435. The zero-order valence-corrected chi connectivity index (χ0v) is 9.45. The van der Waals surface area contributed by atoms with Crippen LogP contribution < -0.4 is 0 Å². The van der Waals surface area contributed by atoms with E-state index in [1.807, 2.05) is 6.07 Å². The molecule has 1 heterocycles. The highest BCUT2D eigenvalue weighted by Crippen LogP contribution is 2.22. The molecule has 0 unspecified atom stereocenters. The van der Waals surface area contributed by atoms with Crippen LogP contribution in [0.2, 0.25) is 0 Å². The zero-order chi connectivity index (χ0) is 11.4. The maximum absolute atomic E-state index is 8.43. The van der Waals surface area contributed by atoms with Gasteiger partial charge in [-0.1, -0.05) is 35.4 Å². The van der Waals surface area contributed by atoms with Crippen molar-refractivity contribution in [3.8, 4) is 0 Å². The van der Waals surface area contributed by atoms with Crippen molar-refractivity contribution in [3.63, 3.8) is 0 Å². The standard InChI is InChI=1S/C12H16N4/c1-10-7-12(14-15-13)9-16(10)8-11-5-3-2-4-6-11/h2-6,10,12H,7-9H2,1H3/t10-,12+/m0/s1. The molecule has 0 radical (unpaired) electrons. The monoisotopic (exact) mass is 216 g/mol. The van der Waals surface area contributed by atoms with Crippen LogP contribution in [-0.4, -0.2) is 23.5 Å². The van der Waals surface area contributed by atoms with Crippen molar-refractivity contribution in [2.24, 2.45) is 5.11 Å². The first kappa shape index (κ1) is 11.0. The van der Waals surface area contributed by atoms with E-state index in [4.69, 9.17) is 5.53 Å². The van der Waals surface area contributed by atoms with Crippen LogP contribution in [0.4, 0.5) is 0 Å². The van der Waals surface area contributed by atoms with Gasteiger partial charge in [-0.05, 0) is 24.4 Å². The van der Waals surface area contributed by atoms with Gasteiger partial charge in [-0.25, -0.2) is 0 Å². The first-order valence-corrected chi connectivity index (χ1v) is 5.62. The van der Waals surface area contributed by atoms with Gasteiger partial charge in [0.15, 0.2) is 0 Å². The Morgan fingerprint density at radius 2 is 2.19 bits per heavy atom. The number of nitrogens with zero attached hydrogens (tertiary/aromatic N) is 4. The van der Waals surface area contributed by atoms with Crippen molar-refractivity contribution >= 4 is 0 Å². The second kappa shape index (κ2) is 5.01. The molecule has 0 spiro atoms. The van der Waals surface area contributed by atoms with E-state index in [0.29, 0.717) is 6.04 Å². The van der Waals surface area contributed by atoms with Crippen molar-refractivity contribution < 1.29 is 0 Å².